The zero-order valence-corrected chi connectivity index (χ0v) is 11.7. The molecule has 2 aromatic rings. The summed E-state index contributed by atoms with van der Waals surface area (Å²) in [6, 6.07) is 9.91. The Morgan fingerprint density at radius 3 is 2.83 bits per heavy atom. The van der Waals surface area contributed by atoms with Gasteiger partial charge in [0.05, 0.1) is 23.0 Å². The maximum absolute atomic E-state index is 11.6. The van der Waals surface area contributed by atoms with Gasteiger partial charge in [0.25, 0.3) is 0 Å². The van der Waals surface area contributed by atoms with Crippen molar-refractivity contribution in [1.82, 2.24) is 10.3 Å². The SMILES string of the molecule is Cc1nc(CNC(=O)CSc2ccccc2)cs1. The Morgan fingerprint density at radius 1 is 1.39 bits per heavy atom. The molecule has 1 heterocycles. The van der Waals surface area contributed by atoms with Gasteiger partial charge in [0.1, 0.15) is 0 Å². The first kappa shape index (κ1) is 13.1. The average molecular weight is 278 g/mol. The first-order valence-corrected chi connectivity index (χ1v) is 7.46. The maximum Gasteiger partial charge on any atom is 0.230 e. The Bertz CT molecular complexity index is 511. The van der Waals surface area contributed by atoms with Crippen LogP contribution in [-0.4, -0.2) is 16.6 Å². The van der Waals surface area contributed by atoms with Gasteiger partial charge >= 0.3 is 0 Å². The van der Waals surface area contributed by atoms with Crippen LogP contribution in [0.2, 0.25) is 0 Å². The molecule has 0 saturated carbocycles. The summed E-state index contributed by atoms with van der Waals surface area (Å²) in [5.41, 5.74) is 0.926. The number of carbonyl (C=O) groups is 1. The van der Waals surface area contributed by atoms with Crippen molar-refractivity contribution in [2.45, 2.75) is 18.4 Å². The van der Waals surface area contributed by atoms with E-state index in [1.165, 1.54) is 11.8 Å². The fourth-order valence-corrected chi connectivity index (χ4v) is 2.76. The lowest BCUT2D eigenvalue weighted by Gasteiger charge is -2.03. The van der Waals surface area contributed by atoms with Gasteiger partial charge in [-0.25, -0.2) is 4.98 Å². The van der Waals surface area contributed by atoms with Crippen LogP contribution in [0.3, 0.4) is 0 Å². The number of nitrogens with one attached hydrogen (secondary N) is 1. The van der Waals surface area contributed by atoms with E-state index >= 15 is 0 Å². The van der Waals surface area contributed by atoms with Crippen molar-refractivity contribution in [1.29, 1.82) is 0 Å². The fourth-order valence-electron chi connectivity index (χ4n) is 1.40. The van der Waals surface area contributed by atoms with E-state index in [-0.39, 0.29) is 5.91 Å². The molecule has 2 rings (SSSR count). The second-order valence-electron chi connectivity index (χ2n) is 3.74. The summed E-state index contributed by atoms with van der Waals surface area (Å²) in [6.07, 6.45) is 0. The monoisotopic (exact) mass is 278 g/mol. The predicted octanol–water partition coefficient (Wildman–Crippen LogP) is 2.86. The number of aromatic nitrogens is 1. The number of benzene rings is 1. The number of carbonyl (C=O) groups excluding carboxylic acids is 1. The van der Waals surface area contributed by atoms with Gasteiger partial charge in [-0.2, -0.15) is 0 Å². The number of rotatable bonds is 5. The fraction of sp³-hybridized carbons (Fsp3) is 0.231. The average Bonchev–Trinajstić information content (AvgIpc) is 2.81. The molecular formula is C13H14N2OS2. The quantitative estimate of drug-likeness (QED) is 0.855. The van der Waals surface area contributed by atoms with Crippen molar-refractivity contribution in [3.05, 3.63) is 46.4 Å². The Balaban J connectivity index is 1.73. The molecule has 0 aliphatic rings. The molecule has 0 bridgehead atoms. The zero-order valence-electron chi connectivity index (χ0n) is 10.1. The molecule has 1 aromatic heterocycles. The van der Waals surface area contributed by atoms with Crippen molar-refractivity contribution in [3.8, 4) is 0 Å². The van der Waals surface area contributed by atoms with Crippen LogP contribution in [0.5, 0.6) is 0 Å². The Hall–Kier alpha value is -1.33. The smallest absolute Gasteiger partial charge is 0.230 e. The molecule has 0 atom stereocenters. The highest BCUT2D eigenvalue weighted by Gasteiger charge is 2.04. The third-order valence-corrected chi connectivity index (χ3v) is 4.08. The molecule has 1 aromatic carbocycles. The highest BCUT2D eigenvalue weighted by molar-refractivity contribution is 8.00. The van der Waals surface area contributed by atoms with E-state index in [1.54, 1.807) is 11.3 Å². The van der Waals surface area contributed by atoms with E-state index in [9.17, 15) is 4.79 Å². The summed E-state index contributed by atoms with van der Waals surface area (Å²) in [4.78, 5) is 17.0. The molecule has 0 fully saturated rings. The Labute approximate surface area is 115 Å². The van der Waals surface area contributed by atoms with Gasteiger partial charge in [0.15, 0.2) is 0 Å². The van der Waals surface area contributed by atoms with Crippen molar-refractivity contribution < 1.29 is 4.79 Å². The number of nitrogens with zero attached hydrogens (tertiary/aromatic N) is 1. The van der Waals surface area contributed by atoms with E-state index in [1.807, 2.05) is 42.6 Å². The topological polar surface area (TPSA) is 42.0 Å². The van der Waals surface area contributed by atoms with Crippen LogP contribution in [0, 0.1) is 6.92 Å². The first-order valence-electron chi connectivity index (χ1n) is 5.59. The maximum atomic E-state index is 11.6. The van der Waals surface area contributed by atoms with Gasteiger partial charge in [-0.15, -0.1) is 23.1 Å². The van der Waals surface area contributed by atoms with Gasteiger partial charge in [-0.1, -0.05) is 18.2 Å². The molecule has 3 nitrogen and oxygen atoms in total. The lowest BCUT2D eigenvalue weighted by molar-refractivity contribution is -0.118. The standard InChI is InChI=1S/C13H14N2OS2/c1-10-15-11(8-17-10)7-14-13(16)9-18-12-5-3-2-4-6-12/h2-6,8H,7,9H2,1H3,(H,14,16). The first-order chi connectivity index (χ1) is 8.74. The van der Waals surface area contributed by atoms with Gasteiger partial charge in [-0.05, 0) is 19.1 Å². The summed E-state index contributed by atoms with van der Waals surface area (Å²) in [5.74, 6) is 0.474. The highest BCUT2D eigenvalue weighted by atomic mass is 32.2. The molecule has 18 heavy (non-hydrogen) atoms. The molecule has 0 aliphatic carbocycles. The van der Waals surface area contributed by atoms with E-state index in [0.29, 0.717) is 12.3 Å². The molecule has 0 saturated heterocycles. The molecule has 94 valence electrons. The van der Waals surface area contributed by atoms with Gasteiger partial charge in [0.2, 0.25) is 5.91 Å². The number of thiazole rings is 1. The predicted molar refractivity (Wildman–Crippen MR) is 75.9 cm³/mol. The van der Waals surface area contributed by atoms with Gasteiger partial charge in [0, 0.05) is 10.3 Å². The number of hydrogen-bond donors (Lipinski definition) is 1. The van der Waals surface area contributed by atoms with Crippen LogP contribution in [0.4, 0.5) is 0 Å². The molecule has 1 N–H and O–H groups in total. The van der Waals surface area contributed by atoms with Crippen LogP contribution in [0.1, 0.15) is 10.7 Å². The minimum absolute atomic E-state index is 0.0366. The van der Waals surface area contributed by atoms with Crippen LogP contribution >= 0.6 is 23.1 Å². The van der Waals surface area contributed by atoms with Crippen LogP contribution in [0.25, 0.3) is 0 Å². The van der Waals surface area contributed by atoms with Crippen molar-refractivity contribution >= 4 is 29.0 Å². The summed E-state index contributed by atoms with van der Waals surface area (Å²) in [6.45, 7) is 2.47. The van der Waals surface area contributed by atoms with E-state index in [0.717, 1.165) is 15.6 Å². The van der Waals surface area contributed by atoms with Crippen LogP contribution in [-0.2, 0) is 11.3 Å². The number of amides is 1. The largest absolute Gasteiger partial charge is 0.350 e. The Kier molecular flexibility index (Phi) is 4.78. The van der Waals surface area contributed by atoms with Gasteiger partial charge < -0.3 is 5.32 Å². The number of hydrogen-bond acceptors (Lipinski definition) is 4. The second kappa shape index (κ2) is 6.56. The summed E-state index contributed by atoms with van der Waals surface area (Å²) < 4.78 is 0. The number of thioether (sulfide) groups is 1. The summed E-state index contributed by atoms with van der Waals surface area (Å²) in [5, 5.41) is 5.86. The summed E-state index contributed by atoms with van der Waals surface area (Å²) in [7, 11) is 0. The van der Waals surface area contributed by atoms with Crippen molar-refractivity contribution in [2.24, 2.45) is 0 Å². The van der Waals surface area contributed by atoms with Crippen LogP contribution < -0.4 is 5.32 Å². The third-order valence-electron chi connectivity index (χ3n) is 2.25. The van der Waals surface area contributed by atoms with Crippen molar-refractivity contribution in [2.75, 3.05) is 5.75 Å². The second-order valence-corrected chi connectivity index (χ2v) is 5.85. The highest BCUT2D eigenvalue weighted by Crippen LogP contribution is 2.16. The van der Waals surface area contributed by atoms with E-state index < -0.39 is 0 Å². The van der Waals surface area contributed by atoms with E-state index in [2.05, 4.69) is 10.3 Å². The molecule has 1 amide bonds. The molecule has 0 unspecified atom stereocenters. The van der Waals surface area contributed by atoms with E-state index in [4.69, 9.17) is 0 Å². The number of aryl methyl sites for hydroxylation is 1. The van der Waals surface area contributed by atoms with Crippen molar-refractivity contribution in [3.63, 3.8) is 0 Å². The third kappa shape index (κ3) is 4.16. The molecule has 0 radical (unpaired) electrons. The van der Waals surface area contributed by atoms with Crippen LogP contribution in [0.15, 0.2) is 40.6 Å². The Morgan fingerprint density at radius 2 is 2.17 bits per heavy atom. The molecule has 0 aliphatic heterocycles. The minimum atomic E-state index is 0.0366. The normalized spacial score (nSPS) is 10.3. The minimum Gasteiger partial charge on any atom is -0.350 e. The summed E-state index contributed by atoms with van der Waals surface area (Å²) >= 11 is 3.14. The lowest BCUT2D eigenvalue weighted by Crippen LogP contribution is -2.24. The molecule has 5 heteroatoms. The molecule has 0 spiro atoms. The molecular weight excluding hydrogens is 264 g/mol. The van der Waals surface area contributed by atoms with Gasteiger partial charge in [-0.3, -0.25) is 4.79 Å². The zero-order chi connectivity index (χ0) is 12.8. The lowest BCUT2D eigenvalue weighted by atomic mass is 10.4.